The van der Waals surface area contributed by atoms with Crippen molar-refractivity contribution < 1.29 is 9.53 Å². The summed E-state index contributed by atoms with van der Waals surface area (Å²) in [5.74, 6) is 1.53. The summed E-state index contributed by atoms with van der Waals surface area (Å²) in [6, 6.07) is 6.25. The van der Waals surface area contributed by atoms with E-state index in [1.54, 1.807) is 0 Å². The maximum atomic E-state index is 12.3. The van der Waals surface area contributed by atoms with E-state index in [4.69, 9.17) is 4.74 Å². The lowest BCUT2D eigenvalue weighted by Gasteiger charge is -2.26. The fraction of sp³-hybridized carbons (Fsp3) is 0.632. The Morgan fingerprint density at radius 2 is 1.81 bits per heavy atom. The molecule has 0 saturated carbocycles. The molecular formula is C19H30O2. The van der Waals surface area contributed by atoms with E-state index < -0.39 is 0 Å². The first-order chi connectivity index (χ1) is 9.72. The quantitative estimate of drug-likeness (QED) is 0.728. The summed E-state index contributed by atoms with van der Waals surface area (Å²) >= 11 is 0. The van der Waals surface area contributed by atoms with Gasteiger partial charge in [-0.05, 0) is 35.4 Å². The third-order valence-electron chi connectivity index (χ3n) is 3.83. The second-order valence-corrected chi connectivity index (χ2v) is 6.98. The van der Waals surface area contributed by atoms with Gasteiger partial charge in [0.25, 0.3) is 0 Å². The van der Waals surface area contributed by atoms with Gasteiger partial charge in [0.05, 0.1) is 6.61 Å². The van der Waals surface area contributed by atoms with Gasteiger partial charge in [0, 0.05) is 12.3 Å². The van der Waals surface area contributed by atoms with Crippen LogP contribution in [0.25, 0.3) is 0 Å². The molecule has 0 aliphatic rings. The first kappa shape index (κ1) is 17.7. The van der Waals surface area contributed by atoms with Gasteiger partial charge in [0.1, 0.15) is 11.5 Å². The molecule has 0 aromatic heterocycles. The van der Waals surface area contributed by atoms with Crippen molar-refractivity contribution in [2.75, 3.05) is 6.61 Å². The molecule has 1 rings (SSSR count). The predicted molar refractivity (Wildman–Crippen MR) is 89.2 cm³/mol. The van der Waals surface area contributed by atoms with Gasteiger partial charge < -0.3 is 4.74 Å². The molecule has 0 aliphatic heterocycles. The van der Waals surface area contributed by atoms with Crippen molar-refractivity contribution in [2.24, 2.45) is 5.92 Å². The zero-order valence-corrected chi connectivity index (χ0v) is 14.6. The Labute approximate surface area is 129 Å². The van der Waals surface area contributed by atoms with Crippen LogP contribution in [-0.2, 0) is 10.2 Å². The number of ether oxygens (including phenoxy) is 1. The molecule has 1 atom stereocenters. The van der Waals surface area contributed by atoms with Crippen LogP contribution in [0.5, 0.6) is 5.75 Å². The Hall–Kier alpha value is -1.31. The first-order valence-electron chi connectivity index (χ1n) is 8.02. The number of hydrogen-bond donors (Lipinski definition) is 0. The van der Waals surface area contributed by atoms with Gasteiger partial charge in [-0.1, -0.05) is 53.7 Å². The van der Waals surface area contributed by atoms with E-state index in [1.807, 2.05) is 19.9 Å². The van der Waals surface area contributed by atoms with Crippen molar-refractivity contribution >= 4 is 5.78 Å². The molecule has 0 spiro atoms. The number of Topliss-reactive ketones (excluding diaryl/α,β-unsaturated/α-hetero) is 1. The van der Waals surface area contributed by atoms with Gasteiger partial charge >= 0.3 is 0 Å². The van der Waals surface area contributed by atoms with Crippen molar-refractivity contribution in [1.82, 2.24) is 0 Å². The zero-order valence-electron chi connectivity index (χ0n) is 14.6. The van der Waals surface area contributed by atoms with E-state index in [0.717, 1.165) is 11.3 Å². The van der Waals surface area contributed by atoms with Crippen LogP contribution >= 0.6 is 0 Å². The van der Waals surface area contributed by atoms with Gasteiger partial charge in [-0.15, -0.1) is 0 Å². The molecule has 0 heterocycles. The van der Waals surface area contributed by atoms with Crippen LogP contribution in [0, 0.1) is 5.92 Å². The molecule has 0 amide bonds. The second-order valence-electron chi connectivity index (χ2n) is 6.98. The Balaban J connectivity index is 3.35. The minimum absolute atomic E-state index is 0.00267. The highest BCUT2D eigenvalue weighted by atomic mass is 16.5. The first-order valence-corrected chi connectivity index (χ1v) is 8.02. The van der Waals surface area contributed by atoms with Crippen molar-refractivity contribution in [3.05, 3.63) is 29.3 Å². The maximum absolute atomic E-state index is 12.3. The number of benzene rings is 1. The van der Waals surface area contributed by atoms with E-state index >= 15 is 0 Å². The summed E-state index contributed by atoms with van der Waals surface area (Å²) in [6.07, 6.45) is 0.584. The highest BCUT2D eigenvalue weighted by Crippen LogP contribution is 2.36. The number of hydrogen-bond acceptors (Lipinski definition) is 2. The molecule has 0 fully saturated rings. The van der Waals surface area contributed by atoms with Crippen LogP contribution in [0.3, 0.4) is 0 Å². The van der Waals surface area contributed by atoms with E-state index in [-0.39, 0.29) is 11.3 Å². The van der Waals surface area contributed by atoms with Gasteiger partial charge in [-0.3, -0.25) is 4.79 Å². The molecule has 118 valence electrons. The molecular weight excluding hydrogens is 260 g/mol. The number of carbonyl (C=O) groups is 1. The molecule has 21 heavy (non-hydrogen) atoms. The number of ketones is 1. The Bertz CT molecular complexity index is 481. The maximum Gasteiger partial charge on any atom is 0.140 e. The van der Waals surface area contributed by atoms with Crippen molar-refractivity contribution in [3.8, 4) is 5.75 Å². The topological polar surface area (TPSA) is 26.3 Å². The second kappa shape index (κ2) is 7.11. The van der Waals surface area contributed by atoms with Crippen LogP contribution in [0.4, 0.5) is 0 Å². The van der Waals surface area contributed by atoms with E-state index in [9.17, 15) is 4.79 Å². The fourth-order valence-electron chi connectivity index (χ4n) is 2.77. The van der Waals surface area contributed by atoms with Crippen molar-refractivity contribution in [1.29, 1.82) is 0 Å². The molecule has 1 aromatic rings. The summed E-state index contributed by atoms with van der Waals surface area (Å²) < 4.78 is 5.76. The largest absolute Gasteiger partial charge is 0.494 e. The molecule has 0 radical (unpaired) electrons. The lowest BCUT2D eigenvalue weighted by atomic mass is 9.79. The summed E-state index contributed by atoms with van der Waals surface area (Å²) in [4.78, 5) is 12.3. The van der Waals surface area contributed by atoms with Crippen molar-refractivity contribution in [2.45, 2.75) is 66.2 Å². The summed E-state index contributed by atoms with van der Waals surface area (Å²) in [7, 11) is 0. The van der Waals surface area contributed by atoms with Crippen LogP contribution < -0.4 is 4.74 Å². The lowest BCUT2D eigenvalue weighted by Crippen LogP contribution is -2.20. The molecule has 1 aromatic carbocycles. The summed E-state index contributed by atoms with van der Waals surface area (Å²) in [5.41, 5.74) is 2.29. The molecule has 2 nitrogen and oxygen atoms in total. The Morgan fingerprint density at radius 3 is 2.24 bits per heavy atom. The minimum Gasteiger partial charge on any atom is -0.494 e. The normalized spacial score (nSPS) is 13.3. The molecule has 2 heteroatoms. The SMILES string of the molecule is CCOc1ccc(C(C(=O)CC)C(C)C)cc1C(C)(C)C. The van der Waals surface area contributed by atoms with E-state index in [0.29, 0.717) is 24.7 Å². The minimum atomic E-state index is -0.0215. The lowest BCUT2D eigenvalue weighted by molar-refractivity contribution is -0.121. The Kier molecular flexibility index (Phi) is 6.00. The molecule has 0 saturated heterocycles. The van der Waals surface area contributed by atoms with Crippen molar-refractivity contribution in [3.63, 3.8) is 0 Å². The number of rotatable bonds is 6. The monoisotopic (exact) mass is 290 g/mol. The van der Waals surface area contributed by atoms with Gasteiger partial charge in [-0.2, -0.15) is 0 Å². The average molecular weight is 290 g/mol. The highest BCUT2D eigenvalue weighted by Gasteiger charge is 2.26. The third-order valence-corrected chi connectivity index (χ3v) is 3.83. The van der Waals surface area contributed by atoms with Crippen LogP contribution in [0.1, 0.15) is 71.9 Å². The smallest absolute Gasteiger partial charge is 0.140 e. The van der Waals surface area contributed by atoms with E-state index in [2.05, 4.69) is 46.8 Å². The predicted octanol–water partition coefficient (Wildman–Crippen LogP) is 5.10. The third kappa shape index (κ3) is 4.33. The molecule has 1 unspecified atom stereocenters. The summed E-state index contributed by atoms with van der Waals surface area (Å²) in [6.45, 7) is 15.4. The van der Waals surface area contributed by atoms with Gasteiger partial charge in [0.2, 0.25) is 0 Å². The van der Waals surface area contributed by atoms with Gasteiger partial charge in [0.15, 0.2) is 0 Å². The van der Waals surface area contributed by atoms with E-state index in [1.165, 1.54) is 5.56 Å². The van der Waals surface area contributed by atoms with Gasteiger partial charge in [-0.25, -0.2) is 0 Å². The zero-order chi connectivity index (χ0) is 16.2. The Morgan fingerprint density at radius 1 is 1.19 bits per heavy atom. The molecule has 0 N–H and O–H groups in total. The average Bonchev–Trinajstić information content (AvgIpc) is 2.39. The van der Waals surface area contributed by atoms with Crippen LogP contribution in [0.15, 0.2) is 18.2 Å². The standard InChI is InChI=1S/C19H30O2/c1-8-16(20)18(13(3)4)14-10-11-17(21-9-2)15(12-14)19(5,6)7/h10-13,18H,8-9H2,1-7H3. The number of carbonyl (C=O) groups excluding carboxylic acids is 1. The molecule has 0 bridgehead atoms. The van der Waals surface area contributed by atoms with Crippen LogP contribution in [-0.4, -0.2) is 12.4 Å². The molecule has 0 aliphatic carbocycles. The fourth-order valence-corrected chi connectivity index (χ4v) is 2.77. The van der Waals surface area contributed by atoms with Crippen LogP contribution in [0.2, 0.25) is 0 Å². The summed E-state index contributed by atoms with van der Waals surface area (Å²) in [5, 5.41) is 0. The highest BCUT2D eigenvalue weighted by molar-refractivity contribution is 5.85.